The lowest BCUT2D eigenvalue weighted by molar-refractivity contribution is 0.575. The normalized spacial score (nSPS) is 10.9. The van der Waals surface area contributed by atoms with Crippen molar-refractivity contribution in [2.75, 3.05) is 6.54 Å². The van der Waals surface area contributed by atoms with E-state index in [4.69, 9.17) is 5.73 Å². The number of aryl methyl sites for hydroxylation is 2. The highest BCUT2D eigenvalue weighted by Crippen LogP contribution is 2.17. The Labute approximate surface area is 153 Å². The van der Waals surface area contributed by atoms with Crippen LogP contribution in [0.5, 0.6) is 0 Å². The number of aromatic nitrogens is 2. The Morgan fingerprint density at radius 1 is 0.917 bits per heavy atom. The molecule has 0 saturated carbocycles. The maximum Gasteiger partial charge on any atom is 0.107 e. The first kappa shape index (κ1) is 21.0. The number of nitrogens with one attached hydrogen (secondary N) is 1. The van der Waals surface area contributed by atoms with Gasteiger partial charge >= 0.3 is 0 Å². The maximum absolute atomic E-state index is 5.57. The highest BCUT2D eigenvalue weighted by atomic mass is 35.5. The molecular formula is C20H34ClN3. The van der Waals surface area contributed by atoms with Gasteiger partial charge in [0.1, 0.15) is 5.82 Å². The molecule has 3 nitrogen and oxygen atoms in total. The van der Waals surface area contributed by atoms with Gasteiger partial charge in [-0.25, -0.2) is 4.98 Å². The molecule has 1 heterocycles. The fourth-order valence-corrected chi connectivity index (χ4v) is 3.12. The summed E-state index contributed by atoms with van der Waals surface area (Å²) < 4.78 is 0. The van der Waals surface area contributed by atoms with E-state index in [-0.39, 0.29) is 12.4 Å². The van der Waals surface area contributed by atoms with Gasteiger partial charge in [-0.05, 0) is 43.5 Å². The molecule has 1 aromatic carbocycles. The van der Waals surface area contributed by atoms with Gasteiger partial charge in [-0.2, -0.15) is 0 Å². The zero-order chi connectivity index (χ0) is 16.3. The summed E-state index contributed by atoms with van der Waals surface area (Å²) in [7, 11) is 0. The Bertz CT molecular complexity index is 565. The number of unbranched alkanes of at least 4 members (excludes halogenated alkanes) is 7. The third-order valence-corrected chi connectivity index (χ3v) is 4.53. The molecule has 0 bridgehead atoms. The molecule has 0 spiro atoms. The van der Waals surface area contributed by atoms with Gasteiger partial charge in [0.2, 0.25) is 0 Å². The van der Waals surface area contributed by atoms with Crippen LogP contribution in [0.15, 0.2) is 18.2 Å². The molecule has 0 aliphatic heterocycles. The Morgan fingerprint density at radius 3 is 2.33 bits per heavy atom. The number of hydrogen-bond donors (Lipinski definition) is 2. The zero-order valence-corrected chi connectivity index (χ0v) is 16.0. The SMILES string of the molecule is CCCCCCCCCCc1ccc2nc(CCCN)[nH]c2c1.Cl. The topological polar surface area (TPSA) is 54.7 Å². The van der Waals surface area contributed by atoms with E-state index in [0.717, 1.165) is 30.7 Å². The van der Waals surface area contributed by atoms with Crippen LogP contribution in [0.3, 0.4) is 0 Å². The predicted octanol–water partition coefficient (Wildman–Crippen LogP) is 5.56. The van der Waals surface area contributed by atoms with Crippen LogP contribution >= 0.6 is 12.4 Å². The smallest absolute Gasteiger partial charge is 0.107 e. The molecule has 136 valence electrons. The van der Waals surface area contributed by atoms with Gasteiger partial charge in [0.15, 0.2) is 0 Å². The van der Waals surface area contributed by atoms with E-state index in [2.05, 4.69) is 35.1 Å². The molecule has 0 radical (unpaired) electrons. The van der Waals surface area contributed by atoms with Gasteiger partial charge in [-0.15, -0.1) is 12.4 Å². The van der Waals surface area contributed by atoms with Crippen molar-refractivity contribution in [2.24, 2.45) is 5.73 Å². The Kier molecular flexibility index (Phi) is 10.8. The average Bonchev–Trinajstić information content (AvgIpc) is 2.97. The predicted molar refractivity (Wildman–Crippen MR) is 107 cm³/mol. The van der Waals surface area contributed by atoms with Gasteiger partial charge < -0.3 is 10.7 Å². The average molecular weight is 352 g/mol. The number of aromatic amines is 1. The molecule has 0 unspecified atom stereocenters. The molecule has 0 saturated heterocycles. The zero-order valence-electron chi connectivity index (χ0n) is 15.2. The number of benzene rings is 1. The van der Waals surface area contributed by atoms with Crippen molar-refractivity contribution in [2.45, 2.75) is 77.6 Å². The van der Waals surface area contributed by atoms with Crippen LogP contribution in [-0.4, -0.2) is 16.5 Å². The number of H-pyrrole nitrogens is 1. The fraction of sp³-hybridized carbons (Fsp3) is 0.650. The number of hydrogen-bond acceptors (Lipinski definition) is 2. The van der Waals surface area contributed by atoms with E-state index in [1.807, 2.05) is 0 Å². The highest BCUT2D eigenvalue weighted by Gasteiger charge is 2.03. The van der Waals surface area contributed by atoms with Crippen molar-refractivity contribution in [3.05, 3.63) is 29.6 Å². The number of rotatable bonds is 12. The van der Waals surface area contributed by atoms with Crippen LogP contribution in [0.25, 0.3) is 11.0 Å². The Balaban J connectivity index is 0.00000288. The molecular weight excluding hydrogens is 318 g/mol. The van der Waals surface area contributed by atoms with E-state index in [1.165, 1.54) is 68.9 Å². The summed E-state index contributed by atoms with van der Waals surface area (Å²) >= 11 is 0. The van der Waals surface area contributed by atoms with Crippen LogP contribution in [0.2, 0.25) is 0 Å². The van der Waals surface area contributed by atoms with Crippen molar-refractivity contribution in [1.29, 1.82) is 0 Å². The summed E-state index contributed by atoms with van der Waals surface area (Å²) in [6, 6.07) is 6.66. The summed E-state index contributed by atoms with van der Waals surface area (Å²) in [5.41, 5.74) is 9.25. The summed E-state index contributed by atoms with van der Waals surface area (Å²) in [5.74, 6) is 1.06. The standard InChI is InChI=1S/C20H33N3.ClH/c1-2-3-4-5-6-7-8-9-11-17-13-14-18-19(16-17)23-20(22-18)12-10-15-21;/h13-14,16H,2-12,15,21H2,1H3,(H,22,23);1H. The second-order valence-electron chi connectivity index (χ2n) is 6.65. The van der Waals surface area contributed by atoms with Crippen molar-refractivity contribution in [1.82, 2.24) is 9.97 Å². The Hall–Kier alpha value is -1.06. The molecule has 2 aromatic rings. The van der Waals surface area contributed by atoms with E-state index >= 15 is 0 Å². The summed E-state index contributed by atoms with van der Waals surface area (Å²) in [6.07, 6.45) is 14.1. The summed E-state index contributed by atoms with van der Waals surface area (Å²) in [4.78, 5) is 8.06. The number of fused-ring (bicyclic) bond motifs is 1. The number of nitrogens with two attached hydrogens (primary N) is 1. The van der Waals surface area contributed by atoms with Gasteiger partial charge in [-0.1, -0.05) is 57.9 Å². The van der Waals surface area contributed by atoms with Gasteiger partial charge in [-0.3, -0.25) is 0 Å². The minimum Gasteiger partial charge on any atom is -0.342 e. The van der Waals surface area contributed by atoms with Crippen molar-refractivity contribution >= 4 is 23.4 Å². The molecule has 0 atom stereocenters. The first-order chi connectivity index (χ1) is 11.3. The van der Waals surface area contributed by atoms with Crippen molar-refractivity contribution < 1.29 is 0 Å². The maximum atomic E-state index is 5.57. The Morgan fingerprint density at radius 2 is 1.62 bits per heavy atom. The number of nitrogens with zero attached hydrogens (tertiary/aromatic N) is 1. The minimum atomic E-state index is 0. The summed E-state index contributed by atoms with van der Waals surface area (Å²) in [5, 5.41) is 0. The van der Waals surface area contributed by atoms with Gasteiger partial charge in [0.05, 0.1) is 11.0 Å². The van der Waals surface area contributed by atoms with Crippen molar-refractivity contribution in [3.63, 3.8) is 0 Å². The third kappa shape index (κ3) is 7.23. The molecule has 24 heavy (non-hydrogen) atoms. The lowest BCUT2D eigenvalue weighted by atomic mass is 10.0. The fourth-order valence-electron chi connectivity index (χ4n) is 3.12. The summed E-state index contributed by atoms with van der Waals surface area (Å²) in [6.45, 7) is 3.00. The van der Waals surface area contributed by atoms with Crippen LogP contribution < -0.4 is 5.73 Å². The second-order valence-corrected chi connectivity index (χ2v) is 6.65. The first-order valence-corrected chi connectivity index (χ1v) is 9.51. The quantitative estimate of drug-likeness (QED) is 0.492. The number of imidazole rings is 1. The van der Waals surface area contributed by atoms with E-state index < -0.39 is 0 Å². The highest BCUT2D eigenvalue weighted by molar-refractivity contribution is 5.85. The van der Waals surface area contributed by atoms with E-state index in [0.29, 0.717) is 0 Å². The van der Waals surface area contributed by atoms with Crippen LogP contribution in [-0.2, 0) is 12.8 Å². The van der Waals surface area contributed by atoms with E-state index in [9.17, 15) is 0 Å². The third-order valence-electron chi connectivity index (χ3n) is 4.53. The van der Waals surface area contributed by atoms with E-state index in [1.54, 1.807) is 0 Å². The first-order valence-electron chi connectivity index (χ1n) is 9.51. The molecule has 2 rings (SSSR count). The van der Waals surface area contributed by atoms with Gasteiger partial charge in [0, 0.05) is 6.42 Å². The van der Waals surface area contributed by atoms with Crippen LogP contribution in [0.4, 0.5) is 0 Å². The molecule has 3 N–H and O–H groups in total. The minimum absolute atomic E-state index is 0. The van der Waals surface area contributed by atoms with Crippen LogP contribution in [0.1, 0.15) is 76.1 Å². The molecule has 0 amide bonds. The molecule has 1 aromatic heterocycles. The number of halogens is 1. The molecule has 0 fully saturated rings. The molecule has 0 aliphatic carbocycles. The van der Waals surface area contributed by atoms with Gasteiger partial charge in [0.25, 0.3) is 0 Å². The lowest BCUT2D eigenvalue weighted by Gasteiger charge is -2.03. The van der Waals surface area contributed by atoms with Crippen LogP contribution in [0, 0.1) is 0 Å². The molecule has 0 aliphatic rings. The second kappa shape index (κ2) is 12.3. The molecule has 4 heteroatoms. The monoisotopic (exact) mass is 351 g/mol. The lowest BCUT2D eigenvalue weighted by Crippen LogP contribution is -2.01. The largest absolute Gasteiger partial charge is 0.342 e. The van der Waals surface area contributed by atoms with Crippen molar-refractivity contribution in [3.8, 4) is 0 Å².